The van der Waals surface area contributed by atoms with Gasteiger partial charge in [-0.15, -0.1) is 0 Å². The lowest BCUT2D eigenvalue weighted by molar-refractivity contribution is 0.0870. The van der Waals surface area contributed by atoms with E-state index in [-0.39, 0.29) is 11.9 Å². The van der Waals surface area contributed by atoms with Crippen molar-refractivity contribution < 1.29 is 9.13 Å². The second-order valence-corrected chi connectivity index (χ2v) is 3.47. The molecule has 0 unspecified atom stereocenters. The SMILES string of the molecule is Cc1ncnc(NCCOC(C)C)c1F. The van der Waals surface area contributed by atoms with Crippen molar-refractivity contribution in [2.45, 2.75) is 26.9 Å². The number of ether oxygens (including phenoxy) is 1. The van der Waals surface area contributed by atoms with E-state index < -0.39 is 5.82 Å². The Bertz CT molecular complexity index is 318. The zero-order valence-corrected chi connectivity index (χ0v) is 9.25. The van der Waals surface area contributed by atoms with Crippen molar-refractivity contribution in [1.29, 1.82) is 0 Å². The van der Waals surface area contributed by atoms with Crippen molar-refractivity contribution in [3.8, 4) is 0 Å². The van der Waals surface area contributed by atoms with Crippen molar-refractivity contribution in [2.24, 2.45) is 0 Å². The monoisotopic (exact) mass is 213 g/mol. The van der Waals surface area contributed by atoms with Crippen LogP contribution >= 0.6 is 0 Å². The van der Waals surface area contributed by atoms with Crippen molar-refractivity contribution >= 4 is 5.82 Å². The minimum Gasteiger partial charge on any atom is -0.377 e. The fraction of sp³-hybridized carbons (Fsp3) is 0.600. The third-order valence-electron chi connectivity index (χ3n) is 1.81. The molecule has 15 heavy (non-hydrogen) atoms. The standard InChI is InChI=1S/C10H16FN3O/c1-7(2)15-5-4-12-10-9(11)8(3)13-6-14-10/h6-7H,4-5H2,1-3H3,(H,12,13,14). The quantitative estimate of drug-likeness (QED) is 0.757. The lowest BCUT2D eigenvalue weighted by Gasteiger charge is -2.09. The van der Waals surface area contributed by atoms with Crippen molar-refractivity contribution in [2.75, 3.05) is 18.5 Å². The Morgan fingerprint density at radius 1 is 1.47 bits per heavy atom. The molecular weight excluding hydrogens is 197 g/mol. The van der Waals surface area contributed by atoms with E-state index in [1.54, 1.807) is 6.92 Å². The zero-order chi connectivity index (χ0) is 11.3. The molecule has 84 valence electrons. The van der Waals surface area contributed by atoms with Gasteiger partial charge in [0.25, 0.3) is 0 Å². The number of hydrogen-bond acceptors (Lipinski definition) is 4. The Hall–Kier alpha value is -1.23. The van der Waals surface area contributed by atoms with Gasteiger partial charge >= 0.3 is 0 Å². The largest absolute Gasteiger partial charge is 0.377 e. The first-order chi connectivity index (χ1) is 7.11. The molecule has 1 aromatic rings. The summed E-state index contributed by atoms with van der Waals surface area (Å²) in [4.78, 5) is 7.54. The van der Waals surface area contributed by atoms with Gasteiger partial charge in [0.15, 0.2) is 11.6 Å². The summed E-state index contributed by atoms with van der Waals surface area (Å²) in [5.41, 5.74) is 0.345. The second-order valence-electron chi connectivity index (χ2n) is 3.47. The van der Waals surface area contributed by atoms with Gasteiger partial charge < -0.3 is 10.1 Å². The van der Waals surface area contributed by atoms with Crippen LogP contribution in [0.25, 0.3) is 0 Å². The first-order valence-electron chi connectivity index (χ1n) is 4.94. The molecule has 0 saturated carbocycles. The second kappa shape index (κ2) is 5.60. The third kappa shape index (κ3) is 3.79. The molecule has 1 aromatic heterocycles. The minimum absolute atomic E-state index is 0.184. The normalized spacial score (nSPS) is 10.7. The summed E-state index contributed by atoms with van der Waals surface area (Å²) in [6.45, 7) is 6.57. The maximum Gasteiger partial charge on any atom is 0.186 e. The number of aromatic nitrogens is 2. The number of nitrogens with one attached hydrogen (secondary N) is 1. The number of rotatable bonds is 5. The first-order valence-corrected chi connectivity index (χ1v) is 4.94. The van der Waals surface area contributed by atoms with Gasteiger partial charge in [-0.3, -0.25) is 0 Å². The van der Waals surface area contributed by atoms with Crippen LogP contribution in [0.15, 0.2) is 6.33 Å². The van der Waals surface area contributed by atoms with Crippen LogP contribution in [0.1, 0.15) is 19.5 Å². The number of anilines is 1. The van der Waals surface area contributed by atoms with Crippen LogP contribution in [0.4, 0.5) is 10.2 Å². The molecule has 1 heterocycles. The van der Waals surface area contributed by atoms with Gasteiger partial charge in [-0.25, -0.2) is 14.4 Å². The van der Waals surface area contributed by atoms with Crippen molar-refractivity contribution in [3.05, 3.63) is 17.8 Å². The molecule has 1 N–H and O–H groups in total. The molecule has 0 aliphatic carbocycles. The van der Waals surface area contributed by atoms with Gasteiger partial charge in [-0.05, 0) is 20.8 Å². The highest BCUT2D eigenvalue weighted by Crippen LogP contribution is 2.10. The molecule has 0 spiro atoms. The summed E-state index contributed by atoms with van der Waals surface area (Å²) in [6.07, 6.45) is 1.52. The minimum atomic E-state index is -0.401. The Morgan fingerprint density at radius 3 is 2.87 bits per heavy atom. The molecule has 0 fully saturated rings. The molecule has 5 heteroatoms. The maximum atomic E-state index is 13.4. The maximum absolute atomic E-state index is 13.4. The summed E-state index contributed by atoms with van der Waals surface area (Å²) >= 11 is 0. The summed E-state index contributed by atoms with van der Waals surface area (Å²) in [5.74, 6) is -0.170. The Morgan fingerprint density at radius 2 is 2.20 bits per heavy atom. The van der Waals surface area contributed by atoms with Crippen LogP contribution in [-0.2, 0) is 4.74 Å². The molecule has 4 nitrogen and oxygen atoms in total. The highest BCUT2D eigenvalue weighted by Gasteiger charge is 2.06. The predicted molar refractivity (Wildman–Crippen MR) is 56.3 cm³/mol. The predicted octanol–water partition coefficient (Wildman–Crippen LogP) is 1.76. The van der Waals surface area contributed by atoms with Gasteiger partial charge in [0.05, 0.1) is 18.4 Å². The fourth-order valence-corrected chi connectivity index (χ4v) is 1.05. The van der Waals surface area contributed by atoms with E-state index in [2.05, 4.69) is 15.3 Å². The number of halogens is 1. The summed E-state index contributed by atoms with van der Waals surface area (Å²) < 4.78 is 18.7. The highest BCUT2D eigenvalue weighted by atomic mass is 19.1. The van der Waals surface area contributed by atoms with E-state index in [0.29, 0.717) is 18.8 Å². The molecule has 0 aromatic carbocycles. The van der Waals surface area contributed by atoms with E-state index in [1.807, 2.05) is 13.8 Å². The van der Waals surface area contributed by atoms with Crippen molar-refractivity contribution in [3.63, 3.8) is 0 Å². The molecule has 0 aliphatic heterocycles. The molecule has 0 saturated heterocycles. The Kier molecular flexibility index (Phi) is 4.42. The van der Waals surface area contributed by atoms with E-state index in [9.17, 15) is 4.39 Å². The fourth-order valence-electron chi connectivity index (χ4n) is 1.05. The summed E-state index contributed by atoms with van der Waals surface area (Å²) in [6, 6.07) is 0. The van der Waals surface area contributed by atoms with Gasteiger partial charge in [-0.2, -0.15) is 0 Å². The van der Waals surface area contributed by atoms with Crippen LogP contribution in [0, 0.1) is 12.7 Å². The molecule has 1 rings (SSSR count). The average Bonchev–Trinajstić information content (AvgIpc) is 2.18. The van der Waals surface area contributed by atoms with Gasteiger partial charge in [0, 0.05) is 6.54 Å². The molecule has 0 bridgehead atoms. The zero-order valence-electron chi connectivity index (χ0n) is 9.25. The van der Waals surface area contributed by atoms with Crippen molar-refractivity contribution in [1.82, 2.24) is 9.97 Å². The van der Waals surface area contributed by atoms with E-state index in [0.717, 1.165) is 0 Å². The Labute approximate surface area is 88.9 Å². The Balaban J connectivity index is 2.41. The molecule has 0 amide bonds. The molecule has 0 aliphatic rings. The van der Waals surface area contributed by atoms with Crippen LogP contribution < -0.4 is 5.32 Å². The average molecular weight is 213 g/mol. The smallest absolute Gasteiger partial charge is 0.186 e. The van der Waals surface area contributed by atoms with Crippen LogP contribution in [-0.4, -0.2) is 29.2 Å². The van der Waals surface area contributed by atoms with Gasteiger partial charge in [0.2, 0.25) is 0 Å². The van der Waals surface area contributed by atoms with E-state index in [1.165, 1.54) is 6.33 Å². The summed E-state index contributed by atoms with van der Waals surface area (Å²) in [7, 11) is 0. The lowest BCUT2D eigenvalue weighted by atomic mass is 10.4. The van der Waals surface area contributed by atoms with Crippen LogP contribution in [0.3, 0.4) is 0 Å². The van der Waals surface area contributed by atoms with E-state index in [4.69, 9.17) is 4.74 Å². The first kappa shape index (κ1) is 11.8. The molecule has 0 atom stereocenters. The third-order valence-corrected chi connectivity index (χ3v) is 1.81. The van der Waals surface area contributed by atoms with Crippen LogP contribution in [0.2, 0.25) is 0 Å². The summed E-state index contributed by atoms with van der Waals surface area (Å²) in [5, 5.41) is 2.86. The lowest BCUT2D eigenvalue weighted by Crippen LogP contribution is -2.15. The van der Waals surface area contributed by atoms with Crippen LogP contribution in [0.5, 0.6) is 0 Å². The molecule has 0 radical (unpaired) electrons. The van der Waals surface area contributed by atoms with Gasteiger partial charge in [0.1, 0.15) is 6.33 Å². The number of aryl methyl sites for hydroxylation is 1. The molecular formula is C10H16FN3O. The topological polar surface area (TPSA) is 47.0 Å². The van der Waals surface area contributed by atoms with Gasteiger partial charge in [-0.1, -0.05) is 0 Å². The number of nitrogens with zero attached hydrogens (tertiary/aromatic N) is 2. The highest BCUT2D eigenvalue weighted by molar-refractivity contribution is 5.36. The number of hydrogen-bond donors (Lipinski definition) is 1. The van der Waals surface area contributed by atoms with E-state index >= 15 is 0 Å².